The molecule has 1 N–H and O–H groups in total. The second-order valence-corrected chi connectivity index (χ2v) is 5.98. The molecule has 1 aromatic rings. The summed E-state index contributed by atoms with van der Waals surface area (Å²) >= 11 is 0. The number of nitrogens with zero attached hydrogens (tertiary/aromatic N) is 1. The smallest absolute Gasteiger partial charge is 0.250 e. The van der Waals surface area contributed by atoms with Crippen LogP contribution < -0.4 is 10.2 Å². The summed E-state index contributed by atoms with van der Waals surface area (Å²) in [6.45, 7) is 6.17. The summed E-state index contributed by atoms with van der Waals surface area (Å²) in [6.07, 6.45) is 3.39. The molecule has 0 spiro atoms. The van der Waals surface area contributed by atoms with Crippen molar-refractivity contribution in [3.63, 3.8) is 0 Å². The maximum absolute atomic E-state index is 12.5. The van der Waals surface area contributed by atoms with Crippen molar-refractivity contribution in [3.05, 3.63) is 29.8 Å². The Morgan fingerprint density at radius 1 is 1.24 bits per heavy atom. The molecular weight excluding hydrogens is 264 g/mol. The van der Waals surface area contributed by atoms with Crippen LogP contribution in [0.2, 0.25) is 0 Å². The predicted molar refractivity (Wildman–Crippen MR) is 84.2 cm³/mol. The number of piperazine rings is 1. The van der Waals surface area contributed by atoms with Crippen molar-refractivity contribution in [1.82, 2.24) is 5.32 Å². The van der Waals surface area contributed by atoms with Gasteiger partial charge in [-0.2, -0.15) is 0 Å². The maximum Gasteiger partial charge on any atom is 0.250 e. The van der Waals surface area contributed by atoms with Crippen molar-refractivity contribution in [3.8, 4) is 0 Å². The van der Waals surface area contributed by atoms with Crippen molar-refractivity contribution < 1.29 is 9.59 Å². The lowest BCUT2D eigenvalue weighted by Gasteiger charge is -2.34. The van der Waals surface area contributed by atoms with Gasteiger partial charge in [-0.15, -0.1) is 0 Å². The summed E-state index contributed by atoms with van der Waals surface area (Å²) in [7, 11) is 0. The number of nitrogens with one attached hydrogen (secondary N) is 1. The van der Waals surface area contributed by atoms with Crippen LogP contribution in [0.1, 0.15) is 39.2 Å². The number of carbonyl (C=O) groups is 2. The summed E-state index contributed by atoms with van der Waals surface area (Å²) < 4.78 is 0. The van der Waals surface area contributed by atoms with Crippen LogP contribution in [0.4, 0.5) is 5.69 Å². The molecule has 1 aliphatic rings. The van der Waals surface area contributed by atoms with Crippen LogP contribution in [0, 0.1) is 5.92 Å². The van der Waals surface area contributed by atoms with E-state index in [9.17, 15) is 9.59 Å². The van der Waals surface area contributed by atoms with Crippen LogP contribution in [0.5, 0.6) is 0 Å². The third kappa shape index (κ3) is 3.63. The number of benzene rings is 1. The average Bonchev–Trinajstić information content (AvgIpc) is 2.47. The Balaban J connectivity index is 2.15. The Kier molecular flexibility index (Phi) is 4.99. The third-order valence-corrected chi connectivity index (χ3v) is 3.88. The summed E-state index contributed by atoms with van der Waals surface area (Å²) in [5.74, 6) is -0.0256. The molecule has 1 aliphatic heterocycles. The molecule has 4 nitrogen and oxygen atoms in total. The Labute approximate surface area is 126 Å². The molecule has 1 fully saturated rings. The Bertz CT molecular complexity index is 508. The molecule has 1 atom stereocenters. The van der Waals surface area contributed by atoms with Gasteiger partial charge in [0.05, 0.1) is 0 Å². The minimum atomic E-state index is -0.425. The van der Waals surface area contributed by atoms with Gasteiger partial charge in [-0.25, -0.2) is 0 Å². The van der Waals surface area contributed by atoms with Gasteiger partial charge in [0.25, 0.3) is 0 Å². The van der Waals surface area contributed by atoms with E-state index < -0.39 is 6.04 Å². The lowest BCUT2D eigenvalue weighted by atomic mass is 10.00. The zero-order valence-electron chi connectivity index (χ0n) is 13.1. The van der Waals surface area contributed by atoms with Crippen LogP contribution >= 0.6 is 0 Å². The Morgan fingerprint density at radius 2 is 1.90 bits per heavy atom. The van der Waals surface area contributed by atoms with Gasteiger partial charge in [-0.3, -0.25) is 9.59 Å². The maximum atomic E-state index is 12.5. The van der Waals surface area contributed by atoms with Crippen molar-refractivity contribution >= 4 is 17.5 Å². The number of unbranched alkanes of at least 4 members (excludes halogenated alkanes) is 1. The van der Waals surface area contributed by atoms with Crippen LogP contribution in [-0.2, 0) is 16.0 Å². The molecule has 0 bridgehead atoms. The molecule has 0 radical (unpaired) electrons. The monoisotopic (exact) mass is 288 g/mol. The largest absolute Gasteiger partial charge is 0.342 e. The van der Waals surface area contributed by atoms with Crippen LogP contribution in [0.15, 0.2) is 24.3 Å². The van der Waals surface area contributed by atoms with E-state index in [-0.39, 0.29) is 24.3 Å². The van der Waals surface area contributed by atoms with Gasteiger partial charge in [0.1, 0.15) is 12.6 Å². The highest BCUT2D eigenvalue weighted by molar-refractivity contribution is 6.06. The van der Waals surface area contributed by atoms with Crippen molar-refractivity contribution in [1.29, 1.82) is 0 Å². The average molecular weight is 288 g/mol. The lowest BCUT2D eigenvalue weighted by Crippen LogP contribution is -2.60. The van der Waals surface area contributed by atoms with Crippen LogP contribution in [0.25, 0.3) is 0 Å². The van der Waals surface area contributed by atoms with Crippen molar-refractivity contribution in [2.45, 2.75) is 46.1 Å². The zero-order chi connectivity index (χ0) is 15.4. The van der Waals surface area contributed by atoms with E-state index in [2.05, 4.69) is 24.4 Å². The first-order valence-corrected chi connectivity index (χ1v) is 7.72. The molecule has 0 aliphatic carbocycles. The molecule has 4 heteroatoms. The second kappa shape index (κ2) is 6.74. The first-order chi connectivity index (χ1) is 10.0. The minimum absolute atomic E-state index is 0.0223. The first-order valence-electron chi connectivity index (χ1n) is 7.72. The molecular formula is C17H24N2O2. The summed E-state index contributed by atoms with van der Waals surface area (Å²) in [6, 6.07) is 7.56. The molecule has 114 valence electrons. The molecule has 0 aromatic heterocycles. The summed E-state index contributed by atoms with van der Waals surface area (Å²) in [5.41, 5.74) is 2.08. The number of anilines is 1. The molecule has 1 saturated heterocycles. The van der Waals surface area contributed by atoms with Crippen molar-refractivity contribution in [2.24, 2.45) is 5.92 Å². The van der Waals surface area contributed by atoms with Gasteiger partial charge >= 0.3 is 0 Å². The number of carbonyl (C=O) groups excluding carboxylic acids is 2. The number of aryl methyl sites for hydroxylation is 1. The van der Waals surface area contributed by atoms with Gasteiger partial charge in [-0.05, 0) is 36.5 Å². The number of amides is 2. The molecule has 1 unspecified atom stereocenters. The second-order valence-electron chi connectivity index (χ2n) is 5.98. The van der Waals surface area contributed by atoms with Gasteiger partial charge in [0.15, 0.2) is 0 Å². The first kappa shape index (κ1) is 15.5. The number of hydrogen-bond acceptors (Lipinski definition) is 2. The highest BCUT2D eigenvalue weighted by Gasteiger charge is 2.35. The Morgan fingerprint density at radius 3 is 2.48 bits per heavy atom. The standard InChI is InChI=1S/C17H24N2O2/c1-4-5-6-13-7-9-14(10-8-13)19-11-15(20)18-16(12(2)3)17(19)21/h7-10,12,16H,4-6,11H2,1-3H3,(H,18,20). The van der Waals surface area contributed by atoms with Gasteiger partial charge in [0, 0.05) is 5.69 Å². The SMILES string of the molecule is CCCCc1ccc(N2CC(=O)NC(C(C)C)C2=O)cc1. The molecule has 1 heterocycles. The zero-order valence-corrected chi connectivity index (χ0v) is 13.1. The number of hydrogen-bond donors (Lipinski definition) is 1. The van der Waals surface area contributed by atoms with E-state index >= 15 is 0 Å². The van der Waals surface area contributed by atoms with E-state index in [1.54, 1.807) is 4.90 Å². The fourth-order valence-corrected chi connectivity index (χ4v) is 2.56. The predicted octanol–water partition coefficient (Wildman–Crippen LogP) is 2.52. The topological polar surface area (TPSA) is 49.4 Å². The normalized spacial score (nSPS) is 19.0. The highest BCUT2D eigenvalue weighted by Crippen LogP contribution is 2.21. The fraction of sp³-hybridized carbons (Fsp3) is 0.529. The third-order valence-electron chi connectivity index (χ3n) is 3.88. The minimum Gasteiger partial charge on any atom is -0.342 e. The van der Waals surface area contributed by atoms with Crippen LogP contribution in [0.3, 0.4) is 0 Å². The molecule has 21 heavy (non-hydrogen) atoms. The van der Waals surface area contributed by atoms with Gasteiger partial charge < -0.3 is 10.2 Å². The molecule has 0 saturated carbocycles. The molecule has 2 rings (SSSR count). The van der Waals surface area contributed by atoms with E-state index in [0.717, 1.165) is 12.1 Å². The lowest BCUT2D eigenvalue weighted by molar-refractivity contribution is -0.132. The molecule has 2 amide bonds. The van der Waals surface area contributed by atoms with E-state index in [1.807, 2.05) is 26.0 Å². The van der Waals surface area contributed by atoms with Crippen LogP contribution in [-0.4, -0.2) is 24.4 Å². The van der Waals surface area contributed by atoms with Gasteiger partial charge in [-0.1, -0.05) is 39.3 Å². The van der Waals surface area contributed by atoms with E-state index in [1.165, 1.54) is 18.4 Å². The molecule has 1 aromatic carbocycles. The van der Waals surface area contributed by atoms with Gasteiger partial charge in [0.2, 0.25) is 11.8 Å². The van der Waals surface area contributed by atoms with E-state index in [0.29, 0.717) is 0 Å². The number of rotatable bonds is 5. The summed E-state index contributed by atoms with van der Waals surface area (Å²) in [4.78, 5) is 25.9. The Hall–Kier alpha value is -1.84. The summed E-state index contributed by atoms with van der Waals surface area (Å²) in [5, 5.41) is 2.77. The highest BCUT2D eigenvalue weighted by atomic mass is 16.2. The van der Waals surface area contributed by atoms with Crippen molar-refractivity contribution in [2.75, 3.05) is 11.4 Å². The quantitative estimate of drug-likeness (QED) is 0.905. The fourth-order valence-electron chi connectivity index (χ4n) is 2.56. The van der Waals surface area contributed by atoms with E-state index in [4.69, 9.17) is 0 Å².